The lowest BCUT2D eigenvalue weighted by Gasteiger charge is -2.25. The van der Waals surface area contributed by atoms with Gasteiger partial charge in [0.25, 0.3) is 0 Å². The molecule has 6 nitrogen and oxygen atoms in total. The third kappa shape index (κ3) is 6.16. The van der Waals surface area contributed by atoms with Crippen molar-refractivity contribution in [1.29, 1.82) is 0 Å². The van der Waals surface area contributed by atoms with E-state index in [0.717, 1.165) is 11.3 Å². The minimum atomic E-state index is -0.702. The van der Waals surface area contributed by atoms with Gasteiger partial charge in [0.2, 0.25) is 0 Å². The summed E-state index contributed by atoms with van der Waals surface area (Å²) in [7, 11) is 3.23. The molecule has 3 rings (SSSR count). The average Bonchev–Trinajstić information content (AvgIpc) is 3.26. The summed E-state index contributed by atoms with van der Waals surface area (Å²) in [5.74, 6) is 2.81. The van der Waals surface area contributed by atoms with Crippen LogP contribution in [0, 0.1) is 0 Å². The lowest BCUT2D eigenvalue weighted by molar-refractivity contribution is 0.0601. The van der Waals surface area contributed by atoms with Gasteiger partial charge in [0, 0.05) is 23.7 Å². The lowest BCUT2D eigenvalue weighted by atomic mass is 10.1. The molecular weight excluding hydrogens is 406 g/mol. The number of hydrogen-bond donors (Lipinski definition) is 1. The van der Waals surface area contributed by atoms with Crippen molar-refractivity contribution in [3.05, 3.63) is 77.2 Å². The molecule has 160 valence electrons. The summed E-state index contributed by atoms with van der Waals surface area (Å²) in [5, 5.41) is 11.2. The number of halogens is 1. The molecule has 0 amide bonds. The smallest absolute Gasteiger partial charge is 0.165 e. The minimum Gasteiger partial charge on any atom is -0.493 e. The zero-order valence-electron chi connectivity index (χ0n) is 17.1. The molecule has 0 spiro atoms. The van der Waals surface area contributed by atoms with Crippen molar-refractivity contribution in [1.82, 2.24) is 4.90 Å². The van der Waals surface area contributed by atoms with Crippen molar-refractivity contribution in [3.63, 3.8) is 0 Å². The maximum absolute atomic E-state index is 10.6. The van der Waals surface area contributed by atoms with E-state index in [-0.39, 0.29) is 6.61 Å². The van der Waals surface area contributed by atoms with Crippen LogP contribution in [0.4, 0.5) is 0 Å². The molecule has 0 aliphatic carbocycles. The molecule has 0 saturated heterocycles. The van der Waals surface area contributed by atoms with Gasteiger partial charge in [-0.2, -0.15) is 0 Å². The van der Waals surface area contributed by atoms with Crippen molar-refractivity contribution in [2.24, 2.45) is 0 Å². The second-order valence-electron chi connectivity index (χ2n) is 6.82. The molecule has 1 atom stereocenters. The maximum atomic E-state index is 10.6. The summed E-state index contributed by atoms with van der Waals surface area (Å²) in [6.45, 7) is 1.62. The van der Waals surface area contributed by atoms with E-state index in [2.05, 4.69) is 4.90 Å². The zero-order valence-corrected chi connectivity index (χ0v) is 17.8. The van der Waals surface area contributed by atoms with Crippen LogP contribution in [-0.4, -0.2) is 43.5 Å². The molecule has 0 unspecified atom stereocenters. The van der Waals surface area contributed by atoms with E-state index < -0.39 is 6.10 Å². The zero-order chi connectivity index (χ0) is 21.3. The number of aliphatic hydroxyl groups excluding tert-OH is 1. The first-order valence-corrected chi connectivity index (χ1v) is 9.98. The highest BCUT2D eigenvalue weighted by atomic mass is 35.5. The monoisotopic (exact) mass is 431 g/mol. The van der Waals surface area contributed by atoms with Gasteiger partial charge >= 0.3 is 0 Å². The van der Waals surface area contributed by atoms with Crippen molar-refractivity contribution in [3.8, 4) is 17.2 Å². The van der Waals surface area contributed by atoms with Gasteiger partial charge in [0.1, 0.15) is 24.2 Å². The molecule has 0 saturated carbocycles. The van der Waals surface area contributed by atoms with E-state index >= 15 is 0 Å². The first-order chi connectivity index (χ1) is 14.6. The second-order valence-corrected chi connectivity index (χ2v) is 7.26. The van der Waals surface area contributed by atoms with Crippen LogP contribution >= 0.6 is 11.6 Å². The molecule has 3 aromatic rings. The quantitative estimate of drug-likeness (QED) is 0.485. The first kappa shape index (κ1) is 22.0. The van der Waals surface area contributed by atoms with E-state index in [0.29, 0.717) is 41.9 Å². The normalized spacial score (nSPS) is 12.0. The summed E-state index contributed by atoms with van der Waals surface area (Å²) in [6, 6.07) is 16.6. The first-order valence-electron chi connectivity index (χ1n) is 9.60. The fourth-order valence-electron chi connectivity index (χ4n) is 3.20. The molecule has 2 aromatic carbocycles. The SMILES string of the molecule is COc1cccc(CN(Cc2ccco2)C[C@@H](O)COc2ccc(Cl)cc2)c1OC. The Labute approximate surface area is 181 Å². The van der Waals surface area contributed by atoms with Gasteiger partial charge in [-0.15, -0.1) is 0 Å². The van der Waals surface area contributed by atoms with Crippen molar-refractivity contribution in [2.45, 2.75) is 19.2 Å². The van der Waals surface area contributed by atoms with Crippen LogP contribution in [0.2, 0.25) is 5.02 Å². The number of methoxy groups -OCH3 is 2. The van der Waals surface area contributed by atoms with E-state index in [9.17, 15) is 5.11 Å². The molecule has 7 heteroatoms. The van der Waals surface area contributed by atoms with Crippen LogP contribution in [-0.2, 0) is 13.1 Å². The van der Waals surface area contributed by atoms with Crippen molar-refractivity contribution < 1.29 is 23.7 Å². The number of rotatable bonds is 11. The van der Waals surface area contributed by atoms with Gasteiger partial charge in [-0.05, 0) is 42.5 Å². The lowest BCUT2D eigenvalue weighted by Crippen LogP contribution is -2.35. The van der Waals surface area contributed by atoms with Crippen LogP contribution in [0.3, 0.4) is 0 Å². The predicted molar refractivity (Wildman–Crippen MR) is 115 cm³/mol. The third-order valence-electron chi connectivity index (χ3n) is 4.56. The Morgan fingerprint density at radius 1 is 1.00 bits per heavy atom. The Morgan fingerprint density at radius 3 is 2.47 bits per heavy atom. The fraction of sp³-hybridized carbons (Fsp3) is 0.304. The molecular formula is C23H26ClNO5. The van der Waals surface area contributed by atoms with Crippen LogP contribution in [0.25, 0.3) is 0 Å². The van der Waals surface area contributed by atoms with Crippen molar-refractivity contribution in [2.75, 3.05) is 27.4 Å². The van der Waals surface area contributed by atoms with Gasteiger partial charge in [-0.3, -0.25) is 4.90 Å². The average molecular weight is 432 g/mol. The number of aliphatic hydroxyl groups is 1. The van der Waals surface area contributed by atoms with Gasteiger partial charge in [0.05, 0.1) is 27.0 Å². The molecule has 0 aliphatic heterocycles. The summed E-state index contributed by atoms with van der Waals surface area (Å²) < 4.78 is 22.1. The highest BCUT2D eigenvalue weighted by Crippen LogP contribution is 2.31. The van der Waals surface area contributed by atoms with E-state index in [1.165, 1.54) is 0 Å². The highest BCUT2D eigenvalue weighted by molar-refractivity contribution is 6.30. The number of furan rings is 1. The largest absolute Gasteiger partial charge is 0.493 e. The topological polar surface area (TPSA) is 64.3 Å². The molecule has 0 fully saturated rings. The molecule has 1 heterocycles. The Balaban J connectivity index is 1.68. The Bertz CT molecular complexity index is 898. The molecule has 1 aromatic heterocycles. The fourth-order valence-corrected chi connectivity index (χ4v) is 3.33. The van der Waals surface area contributed by atoms with Gasteiger partial charge < -0.3 is 23.7 Å². The van der Waals surface area contributed by atoms with Crippen LogP contribution in [0.15, 0.2) is 65.3 Å². The van der Waals surface area contributed by atoms with E-state index in [4.69, 9.17) is 30.2 Å². The summed E-state index contributed by atoms with van der Waals surface area (Å²) in [5.41, 5.74) is 0.953. The van der Waals surface area contributed by atoms with Gasteiger partial charge in [0.15, 0.2) is 11.5 Å². The maximum Gasteiger partial charge on any atom is 0.165 e. The standard InChI is InChI=1S/C23H26ClNO5/c1-27-22-7-3-5-17(23(22)28-2)13-25(15-21-6-4-12-29-21)14-19(26)16-30-20-10-8-18(24)9-11-20/h3-12,19,26H,13-16H2,1-2H3/t19-/m1/s1. The molecule has 1 N–H and O–H groups in total. The number of nitrogens with zero attached hydrogens (tertiary/aromatic N) is 1. The van der Waals surface area contributed by atoms with Crippen LogP contribution < -0.4 is 14.2 Å². The summed E-state index contributed by atoms with van der Waals surface area (Å²) in [4.78, 5) is 2.08. The second kappa shape index (κ2) is 10.9. The Kier molecular flexibility index (Phi) is 8.02. The summed E-state index contributed by atoms with van der Waals surface area (Å²) >= 11 is 5.89. The molecule has 0 aliphatic rings. The minimum absolute atomic E-state index is 0.158. The molecule has 30 heavy (non-hydrogen) atoms. The van der Waals surface area contributed by atoms with Crippen molar-refractivity contribution >= 4 is 11.6 Å². The summed E-state index contributed by atoms with van der Waals surface area (Å²) in [6.07, 6.45) is 0.937. The molecule has 0 radical (unpaired) electrons. The number of benzene rings is 2. The number of ether oxygens (including phenoxy) is 3. The van der Waals surface area contributed by atoms with Gasteiger partial charge in [-0.25, -0.2) is 0 Å². The van der Waals surface area contributed by atoms with E-state index in [1.807, 2.05) is 30.3 Å². The molecule has 0 bridgehead atoms. The Morgan fingerprint density at radius 2 is 1.80 bits per heavy atom. The highest BCUT2D eigenvalue weighted by Gasteiger charge is 2.18. The van der Waals surface area contributed by atoms with Crippen LogP contribution in [0.5, 0.6) is 17.2 Å². The van der Waals surface area contributed by atoms with Gasteiger partial charge in [-0.1, -0.05) is 23.7 Å². The predicted octanol–water partition coefficient (Wildman–Crippen LogP) is 4.39. The van der Waals surface area contributed by atoms with E-state index in [1.54, 1.807) is 44.7 Å². The Hall–Kier alpha value is -2.67. The third-order valence-corrected chi connectivity index (χ3v) is 4.81. The number of para-hydroxylation sites is 1. The van der Waals surface area contributed by atoms with Crippen LogP contribution in [0.1, 0.15) is 11.3 Å². The number of hydrogen-bond acceptors (Lipinski definition) is 6.